The van der Waals surface area contributed by atoms with E-state index in [1.807, 2.05) is 18.0 Å². The molecule has 3 heteroatoms. The van der Waals surface area contributed by atoms with Crippen molar-refractivity contribution in [3.63, 3.8) is 0 Å². The summed E-state index contributed by atoms with van der Waals surface area (Å²) in [5.74, 6) is 0.248. The second-order valence-corrected chi connectivity index (χ2v) is 5.50. The van der Waals surface area contributed by atoms with Gasteiger partial charge in [-0.25, -0.2) is 0 Å². The molecule has 1 aromatic carbocycles. The van der Waals surface area contributed by atoms with E-state index in [0.717, 1.165) is 38.0 Å². The van der Waals surface area contributed by atoms with Gasteiger partial charge in [0, 0.05) is 24.6 Å². The quantitative estimate of drug-likeness (QED) is 0.757. The number of benzene rings is 1. The van der Waals surface area contributed by atoms with Gasteiger partial charge in [-0.1, -0.05) is 18.2 Å². The number of carbonyl (C=O) groups excluding carboxylic acids is 1. The van der Waals surface area contributed by atoms with Gasteiger partial charge in [-0.3, -0.25) is 4.79 Å². The largest absolute Gasteiger partial charge is 0.317 e. The molecule has 0 radical (unpaired) electrons. The molecule has 0 bridgehead atoms. The third kappa shape index (κ3) is 1.74. The van der Waals surface area contributed by atoms with Gasteiger partial charge >= 0.3 is 0 Å². The first kappa shape index (κ1) is 11.7. The van der Waals surface area contributed by atoms with Crippen LogP contribution in [0.3, 0.4) is 0 Å². The van der Waals surface area contributed by atoms with E-state index in [1.165, 1.54) is 5.56 Å². The Bertz CT molecular complexity index is 463. The van der Waals surface area contributed by atoms with Crippen molar-refractivity contribution in [2.24, 2.45) is 0 Å². The number of hydrogen-bond acceptors (Lipinski definition) is 2. The van der Waals surface area contributed by atoms with Gasteiger partial charge in [-0.2, -0.15) is 0 Å². The summed E-state index contributed by atoms with van der Waals surface area (Å²) in [5, 5.41) is 3.43. The molecular formula is C15H20N2O. The zero-order chi connectivity index (χ0) is 12.6. The lowest BCUT2D eigenvalue weighted by Crippen LogP contribution is -2.39. The predicted octanol–water partition coefficient (Wildman–Crippen LogP) is 2.06. The van der Waals surface area contributed by atoms with Crippen LogP contribution in [-0.2, 0) is 10.2 Å². The fraction of sp³-hybridized carbons (Fsp3) is 0.533. The van der Waals surface area contributed by atoms with E-state index >= 15 is 0 Å². The van der Waals surface area contributed by atoms with Crippen molar-refractivity contribution in [3.8, 4) is 0 Å². The molecule has 96 valence electrons. The van der Waals surface area contributed by atoms with Crippen LogP contribution in [-0.4, -0.2) is 26.0 Å². The molecule has 0 unspecified atom stereocenters. The third-order valence-corrected chi connectivity index (χ3v) is 4.59. The summed E-state index contributed by atoms with van der Waals surface area (Å²) in [5.41, 5.74) is 2.70. The molecule has 0 aromatic heterocycles. The van der Waals surface area contributed by atoms with Gasteiger partial charge in [-0.05, 0) is 44.0 Å². The number of anilines is 1. The van der Waals surface area contributed by atoms with E-state index < -0.39 is 0 Å². The highest BCUT2D eigenvalue weighted by molar-refractivity contribution is 5.94. The molecule has 1 saturated heterocycles. The second kappa shape index (κ2) is 4.39. The van der Waals surface area contributed by atoms with Crippen molar-refractivity contribution in [3.05, 3.63) is 29.8 Å². The van der Waals surface area contributed by atoms with Crippen LogP contribution in [0.1, 0.15) is 31.2 Å². The molecule has 1 amide bonds. The van der Waals surface area contributed by atoms with Crippen LogP contribution in [0.4, 0.5) is 5.69 Å². The number of amides is 1. The maximum atomic E-state index is 12.1. The van der Waals surface area contributed by atoms with E-state index in [0.29, 0.717) is 6.42 Å². The minimum absolute atomic E-state index is 0.211. The summed E-state index contributed by atoms with van der Waals surface area (Å²) in [6, 6.07) is 8.44. The van der Waals surface area contributed by atoms with E-state index in [-0.39, 0.29) is 11.3 Å². The number of rotatable bonds is 0. The van der Waals surface area contributed by atoms with Crippen molar-refractivity contribution < 1.29 is 4.79 Å². The smallest absolute Gasteiger partial charge is 0.226 e. The second-order valence-electron chi connectivity index (χ2n) is 5.50. The minimum atomic E-state index is 0.211. The maximum Gasteiger partial charge on any atom is 0.226 e. The predicted molar refractivity (Wildman–Crippen MR) is 72.9 cm³/mol. The van der Waals surface area contributed by atoms with Crippen LogP contribution in [0, 0.1) is 0 Å². The Labute approximate surface area is 108 Å². The lowest BCUT2D eigenvalue weighted by molar-refractivity contribution is -0.118. The van der Waals surface area contributed by atoms with E-state index in [1.54, 1.807) is 0 Å². The summed E-state index contributed by atoms with van der Waals surface area (Å²) in [4.78, 5) is 14.0. The number of nitrogens with zero attached hydrogens (tertiary/aromatic N) is 1. The Kier molecular flexibility index (Phi) is 2.86. The summed E-state index contributed by atoms with van der Waals surface area (Å²) >= 11 is 0. The Morgan fingerprint density at radius 2 is 1.89 bits per heavy atom. The highest BCUT2D eigenvalue weighted by atomic mass is 16.2. The lowest BCUT2D eigenvalue weighted by atomic mass is 9.70. The van der Waals surface area contributed by atoms with Crippen LogP contribution in [0.5, 0.6) is 0 Å². The Hall–Kier alpha value is -1.35. The van der Waals surface area contributed by atoms with Crippen LogP contribution >= 0.6 is 0 Å². The Morgan fingerprint density at radius 3 is 2.67 bits per heavy atom. The van der Waals surface area contributed by atoms with Crippen LogP contribution in [0.2, 0.25) is 0 Å². The SMILES string of the molecule is CN1C(=O)CCC2(CCNCC2)c2ccccc21. The molecule has 1 N–H and O–H groups in total. The molecule has 0 atom stereocenters. The Morgan fingerprint density at radius 1 is 1.17 bits per heavy atom. The van der Waals surface area contributed by atoms with Gasteiger partial charge < -0.3 is 10.2 Å². The van der Waals surface area contributed by atoms with Crippen LogP contribution in [0.25, 0.3) is 0 Å². The fourth-order valence-electron chi connectivity index (χ4n) is 3.42. The molecule has 0 saturated carbocycles. The van der Waals surface area contributed by atoms with Crippen molar-refractivity contribution in [1.29, 1.82) is 0 Å². The van der Waals surface area contributed by atoms with Crippen LogP contribution < -0.4 is 10.2 Å². The van der Waals surface area contributed by atoms with Crippen molar-refractivity contribution >= 4 is 11.6 Å². The zero-order valence-electron chi connectivity index (χ0n) is 10.9. The summed E-state index contributed by atoms with van der Waals surface area (Å²) in [6.07, 6.45) is 3.95. The molecule has 1 aromatic rings. The summed E-state index contributed by atoms with van der Waals surface area (Å²) in [6.45, 7) is 2.12. The number of para-hydroxylation sites is 1. The number of hydrogen-bond donors (Lipinski definition) is 1. The first-order valence-corrected chi connectivity index (χ1v) is 6.80. The van der Waals surface area contributed by atoms with Gasteiger partial charge in [0.15, 0.2) is 0 Å². The first-order valence-electron chi connectivity index (χ1n) is 6.80. The number of piperidine rings is 1. The average Bonchev–Trinajstić information content (AvgIpc) is 2.53. The molecule has 18 heavy (non-hydrogen) atoms. The third-order valence-electron chi connectivity index (χ3n) is 4.59. The number of fused-ring (bicyclic) bond motifs is 2. The van der Waals surface area contributed by atoms with Gasteiger partial charge in [0.25, 0.3) is 0 Å². The van der Waals surface area contributed by atoms with Gasteiger partial charge in [0.1, 0.15) is 0 Å². The number of carbonyl (C=O) groups is 1. The zero-order valence-corrected chi connectivity index (χ0v) is 10.9. The van der Waals surface area contributed by atoms with Crippen molar-refractivity contribution in [1.82, 2.24) is 5.32 Å². The van der Waals surface area contributed by atoms with Crippen LogP contribution in [0.15, 0.2) is 24.3 Å². The lowest BCUT2D eigenvalue weighted by Gasteiger charge is -2.38. The molecule has 3 rings (SSSR count). The van der Waals surface area contributed by atoms with E-state index in [9.17, 15) is 4.79 Å². The highest BCUT2D eigenvalue weighted by Crippen LogP contribution is 2.44. The monoisotopic (exact) mass is 244 g/mol. The highest BCUT2D eigenvalue weighted by Gasteiger charge is 2.39. The topological polar surface area (TPSA) is 32.3 Å². The molecular weight excluding hydrogens is 224 g/mol. The average molecular weight is 244 g/mol. The standard InChI is InChI=1S/C15H20N2O/c1-17-13-5-3-2-4-12(13)15(7-6-14(17)18)8-10-16-11-9-15/h2-5,16H,6-11H2,1H3. The summed E-state index contributed by atoms with van der Waals surface area (Å²) < 4.78 is 0. The fourth-order valence-corrected chi connectivity index (χ4v) is 3.42. The minimum Gasteiger partial charge on any atom is -0.317 e. The van der Waals surface area contributed by atoms with E-state index in [4.69, 9.17) is 0 Å². The Balaban J connectivity index is 2.11. The van der Waals surface area contributed by atoms with Crippen molar-refractivity contribution in [2.75, 3.05) is 25.0 Å². The van der Waals surface area contributed by atoms with Gasteiger partial charge in [0.2, 0.25) is 5.91 Å². The molecule has 2 aliphatic heterocycles. The van der Waals surface area contributed by atoms with E-state index in [2.05, 4.69) is 23.5 Å². The normalized spacial score (nSPS) is 22.7. The molecule has 3 nitrogen and oxygen atoms in total. The molecule has 2 aliphatic rings. The van der Waals surface area contributed by atoms with Crippen molar-refractivity contribution in [2.45, 2.75) is 31.1 Å². The first-order chi connectivity index (χ1) is 8.73. The van der Waals surface area contributed by atoms with Gasteiger partial charge in [0.05, 0.1) is 0 Å². The summed E-state index contributed by atoms with van der Waals surface area (Å²) in [7, 11) is 1.90. The molecule has 1 fully saturated rings. The molecule has 2 heterocycles. The molecule has 0 aliphatic carbocycles. The molecule has 1 spiro atoms. The van der Waals surface area contributed by atoms with Gasteiger partial charge in [-0.15, -0.1) is 0 Å². The maximum absolute atomic E-state index is 12.1. The number of nitrogens with one attached hydrogen (secondary N) is 1.